The van der Waals surface area contributed by atoms with Crippen LogP contribution in [0.25, 0.3) is 0 Å². The third-order valence-electron chi connectivity index (χ3n) is 4.76. The second-order valence-corrected chi connectivity index (χ2v) is 6.62. The Labute approximate surface area is 154 Å². The first-order valence-electron chi connectivity index (χ1n) is 8.54. The minimum Gasteiger partial charge on any atom is -0.369 e. The van der Waals surface area contributed by atoms with Gasteiger partial charge < -0.3 is 15.7 Å². The number of piperidine rings is 1. The summed E-state index contributed by atoms with van der Waals surface area (Å²) in [7, 11) is 1.29. The lowest BCUT2D eigenvalue weighted by atomic mass is 10.1. The summed E-state index contributed by atoms with van der Waals surface area (Å²) in [6.07, 6.45) is -0.0523. The summed E-state index contributed by atoms with van der Waals surface area (Å²) in [5, 5.41) is 20.1. The maximum absolute atomic E-state index is 13.7. The van der Waals surface area contributed by atoms with Gasteiger partial charge in [0.05, 0.1) is 11.6 Å². The number of benzene rings is 1. The molecule has 9 heteroatoms. The lowest BCUT2D eigenvalue weighted by molar-refractivity contribution is 0.138. The van der Waals surface area contributed by atoms with Crippen molar-refractivity contribution in [3.63, 3.8) is 0 Å². The maximum atomic E-state index is 13.7. The van der Waals surface area contributed by atoms with Crippen molar-refractivity contribution in [3.05, 3.63) is 62.0 Å². The SMILES string of the molecule is Cn1c(=O)cc(N2CCC[C@@H](N)C2)n(C(O)c2cc(F)ccc2C#N)c1=O. The number of halogens is 1. The lowest BCUT2D eigenvalue weighted by Gasteiger charge is -2.35. The second kappa shape index (κ2) is 7.34. The molecule has 0 radical (unpaired) electrons. The minimum atomic E-state index is -1.64. The van der Waals surface area contributed by atoms with Gasteiger partial charge in [-0.25, -0.2) is 13.8 Å². The Morgan fingerprint density at radius 2 is 2.11 bits per heavy atom. The van der Waals surface area contributed by atoms with Crippen molar-refractivity contribution in [1.29, 1.82) is 5.26 Å². The van der Waals surface area contributed by atoms with Crippen molar-refractivity contribution in [2.45, 2.75) is 25.1 Å². The summed E-state index contributed by atoms with van der Waals surface area (Å²) in [5.74, 6) is -0.457. The van der Waals surface area contributed by atoms with Crippen LogP contribution in [0.15, 0.2) is 33.9 Å². The van der Waals surface area contributed by atoms with Gasteiger partial charge in [0.1, 0.15) is 11.6 Å². The standard InChI is InChI=1S/C18H20FN5O3/c1-22-16(25)8-15(23-6-2-3-13(21)10-23)24(18(22)27)17(26)14-7-12(19)5-4-11(14)9-20/h4-5,7-8,13,17,26H,2-3,6,10,21H2,1H3/t13-,17?/m1/s1. The van der Waals surface area contributed by atoms with Crippen LogP contribution in [0.2, 0.25) is 0 Å². The van der Waals surface area contributed by atoms with E-state index in [1.54, 1.807) is 4.90 Å². The molecule has 2 atom stereocenters. The molecule has 1 saturated heterocycles. The number of nitrogens with zero attached hydrogens (tertiary/aromatic N) is 4. The molecule has 8 nitrogen and oxygen atoms in total. The lowest BCUT2D eigenvalue weighted by Crippen LogP contribution is -2.48. The fraction of sp³-hybridized carbons (Fsp3) is 0.389. The van der Waals surface area contributed by atoms with E-state index in [9.17, 15) is 24.3 Å². The fourth-order valence-electron chi connectivity index (χ4n) is 3.31. The van der Waals surface area contributed by atoms with Crippen LogP contribution in [-0.2, 0) is 7.05 Å². The zero-order chi connectivity index (χ0) is 19.7. The van der Waals surface area contributed by atoms with E-state index in [1.165, 1.54) is 19.2 Å². The number of nitriles is 1. The highest BCUT2D eigenvalue weighted by Gasteiger charge is 2.26. The first-order valence-corrected chi connectivity index (χ1v) is 8.54. The molecular weight excluding hydrogens is 353 g/mol. The van der Waals surface area contributed by atoms with Crippen molar-refractivity contribution < 1.29 is 9.50 Å². The molecule has 1 aliphatic heterocycles. The van der Waals surface area contributed by atoms with Crippen LogP contribution in [0.5, 0.6) is 0 Å². The molecule has 0 aliphatic carbocycles. The zero-order valence-electron chi connectivity index (χ0n) is 14.8. The smallest absolute Gasteiger partial charge is 0.334 e. The Morgan fingerprint density at radius 3 is 2.78 bits per heavy atom. The number of hydrogen-bond donors (Lipinski definition) is 2. The average Bonchev–Trinajstić information content (AvgIpc) is 2.65. The summed E-state index contributed by atoms with van der Waals surface area (Å²) in [6, 6.07) is 6.33. The predicted octanol–water partition coefficient (Wildman–Crippen LogP) is 0.0245. The Hall–Kier alpha value is -2.96. The molecule has 27 heavy (non-hydrogen) atoms. The number of hydrogen-bond acceptors (Lipinski definition) is 6. The summed E-state index contributed by atoms with van der Waals surface area (Å²) >= 11 is 0. The van der Waals surface area contributed by atoms with Crippen molar-refractivity contribution in [2.24, 2.45) is 12.8 Å². The van der Waals surface area contributed by atoms with E-state index < -0.39 is 23.3 Å². The van der Waals surface area contributed by atoms with Crippen LogP contribution in [0.3, 0.4) is 0 Å². The van der Waals surface area contributed by atoms with Gasteiger partial charge in [0, 0.05) is 37.8 Å². The third kappa shape index (κ3) is 3.49. The number of aromatic nitrogens is 2. The van der Waals surface area contributed by atoms with E-state index >= 15 is 0 Å². The molecule has 3 N–H and O–H groups in total. The quantitative estimate of drug-likeness (QED) is 0.784. The number of aliphatic hydroxyl groups excluding tert-OH is 1. The molecule has 1 unspecified atom stereocenters. The molecule has 0 amide bonds. The molecule has 142 valence electrons. The van der Waals surface area contributed by atoms with Gasteiger partial charge in [-0.15, -0.1) is 0 Å². The van der Waals surface area contributed by atoms with Gasteiger partial charge in [-0.1, -0.05) is 0 Å². The minimum absolute atomic E-state index is 0.0333. The van der Waals surface area contributed by atoms with Crippen molar-refractivity contribution in [3.8, 4) is 6.07 Å². The Bertz CT molecular complexity index is 1020. The average molecular weight is 373 g/mol. The number of anilines is 1. The van der Waals surface area contributed by atoms with Gasteiger partial charge in [0.15, 0.2) is 6.23 Å². The molecule has 0 bridgehead atoms. The summed E-state index contributed by atoms with van der Waals surface area (Å²) in [6.45, 7) is 0.967. The molecule has 3 rings (SSSR count). The Kier molecular flexibility index (Phi) is 5.12. The molecule has 0 saturated carbocycles. The number of nitrogens with two attached hydrogens (primary N) is 1. The molecule has 1 aromatic carbocycles. The maximum Gasteiger partial charge on any atom is 0.334 e. The fourth-order valence-corrected chi connectivity index (χ4v) is 3.31. The predicted molar refractivity (Wildman–Crippen MR) is 96.8 cm³/mol. The molecule has 1 aromatic heterocycles. The monoisotopic (exact) mass is 373 g/mol. The highest BCUT2D eigenvalue weighted by Crippen LogP contribution is 2.25. The Balaban J connectivity index is 2.21. The van der Waals surface area contributed by atoms with Gasteiger partial charge >= 0.3 is 5.69 Å². The molecule has 2 aromatic rings. The highest BCUT2D eigenvalue weighted by atomic mass is 19.1. The second-order valence-electron chi connectivity index (χ2n) is 6.62. The highest BCUT2D eigenvalue weighted by molar-refractivity contribution is 5.44. The van der Waals surface area contributed by atoms with E-state index in [0.717, 1.165) is 34.1 Å². The topological polar surface area (TPSA) is 117 Å². The first-order chi connectivity index (χ1) is 12.8. The van der Waals surface area contributed by atoms with Crippen LogP contribution in [-0.4, -0.2) is 33.4 Å². The van der Waals surface area contributed by atoms with Gasteiger partial charge in [0.2, 0.25) is 0 Å². The molecular formula is C18H20FN5O3. The molecule has 1 fully saturated rings. The van der Waals surface area contributed by atoms with Gasteiger partial charge in [-0.2, -0.15) is 5.26 Å². The van der Waals surface area contributed by atoms with Crippen molar-refractivity contribution in [2.75, 3.05) is 18.0 Å². The van der Waals surface area contributed by atoms with E-state index in [1.807, 2.05) is 6.07 Å². The van der Waals surface area contributed by atoms with E-state index in [2.05, 4.69) is 0 Å². The van der Waals surface area contributed by atoms with Gasteiger partial charge in [-0.05, 0) is 31.0 Å². The van der Waals surface area contributed by atoms with E-state index in [0.29, 0.717) is 13.1 Å². The van der Waals surface area contributed by atoms with Crippen molar-refractivity contribution >= 4 is 5.82 Å². The van der Waals surface area contributed by atoms with Crippen LogP contribution in [0, 0.1) is 17.1 Å². The first kappa shape index (κ1) is 18.8. The normalized spacial score (nSPS) is 18.2. The molecule has 0 spiro atoms. The zero-order valence-corrected chi connectivity index (χ0v) is 14.8. The number of aliphatic hydroxyl groups is 1. The number of rotatable bonds is 3. The largest absolute Gasteiger partial charge is 0.369 e. The van der Waals surface area contributed by atoms with Crippen LogP contribution < -0.4 is 21.9 Å². The summed E-state index contributed by atoms with van der Waals surface area (Å²) < 4.78 is 15.6. The Morgan fingerprint density at radius 1 is 1.37 bits per heavy atom. The summed E-state index contributed by atoms with van der Waals surface area (Å²) in [5.41, 5.74) is 4.69. The van der Waals surface area contributed by atoms with Crippen LogP contribution in [0.1, 0.15) is 30.2 Å². The van der Waals surface area contributed by atoms with Crippen LogP contribution >= 0.6 is 0 Å². The van der Waals surface area contributed by atoms with E-state index in [-0.39, 0.29) is 23.0 Å². The molecule has 1 aliphatic rings. The third-order valence-corrected chi connectivity index (χ3v) is 4.76. The molecule has 2 heterocycles. The van der Waals surface area contributed by atoms with E-state index in [4.69, 9.17) is 5.73 Å². The van der Waals surface area contributed by atoms with Gasteiger partial charge in [-0.3, -0.25) is 9.36 Å². The van der Waals surface area contributed by atoms with Crippen LogP contribution in [0.4, 0.5) is 10.2 Å². The van der Waals surface area contributed by atoms with Crippen molar-refractivity contribution in [1.82, 2.24) is 9.13 Å². The van der Waals surface area contributed by atoms with Gasteiger partial charge in [0.25, 0.3) is 5.56 Å². The summed E-state index contributed by atoms with van der Waals surface area (Å²) in [4.78, 5) is 26.7.